The minimum atomic E-state index is -1.20. The highest BCUT2D eigenvalue weighted by Gasteiger charge is 2.44. The lowest BCUT2D eigenvalue weighted by molar-refractivity contribution is -0.116. The van der Waals surface area contributed by atoms with Crippen molar-refractivity contribution in [3.8, 4) is 0 Å². The van der Waals surface area contributed by atoms with E-state index in [4.69, 9.17) is 0 Å². The predicted molar refractivity (Wildman–Crippen MR) is 74.1 cm³/mol. The van der Waals surface area contributed by atoms with Gasteiger partial charge in [0.15, 0.2) is 0 Å². The van der Waals surface area contributed by atoms with Crippen LogP contribution in [0.1, 0.15) is 13.3 Å². The fourth-order valence-corrected chi connectivity index (χ4v) is 5.85. The van der Waals surface area contributed by atoms with Crippen molar-refractivity contribution in [1.29, 1.82) is 0 Å². The maximum Gasteiger partial charge on any atom is 0.226 e. The second-order valence-electron chi connectivity index (χ2n) is 4.32. The van der Waals surface area contributed by atoms with Crippen LogP contribution < -0.4 is 5.32 Å². The Balaban J connectivity index is 2.04. The average molecular weight is 285 g/mol. The molecular formula is C12H15NO3S2. The molecule has 1 N–H and O–H groups in total. The molecule has 1 amide bonds. The van der Waals surface area contributed by atoms with Crippen molar-refractivity contribution in [1.82, 2.24) is 0 Å². The molecule has 1 aliphatic rings. The van der Waals surface area contributed by atoms with Crippen LogP contribution in [0.25, 0.3) is 0 Å². The number of nitrogens with one attached hydrogen (secondary N) is 1. The zero-order chi connectivity index (χ0) is 13.2. The van der Waals surface area contributed by atoms with Crippen LogP contribution in [0.2, 0.25) is 0 Å². The zero-order valence-electron chi connectivity index (χ0n) is 10.0. The summed E-state index contributed by atoms with van der Waals surface area (Å²) in [5.41, 5.74) is 0.695. The molecule has 0 aromatic heterocycles. The molecule has 2 atom stereocenters. The molecule has 98 valence electrons. The minimum absolute atomic E-state index is 0.0289. The Bertz CT molecular complexity index is 485. The van der Waals surface area contributed by atoms with Crippen molar-refractivity contribution >= 4 is 33.2 Å². The standard InChI is InChI=1S/C12H15NO3S2/c1-12(17(15)7-8-18(12)16)9-11(14)13-10-5-3-2-4-6-10/h2-6H,7-9H2,1H3,(H,13,14)/t17-,18-/m1/s1. The van der Waals surface area contributed by atoms with Crippen LogP contribution in [0.15, 0.2) is 30.3 Å². The smallest absolute Gasteiger partial charge is 0.226 e. The van der Waals surface area contributed by atoms with E-state index < -0.39 is 25.7 Å². The fraction of sp³-hybridized carbons (Fsp3) is 0.417. The van der Waals surface area contributed by atoms with E-state index in [-0.39, 0.29) is 12.3 Å². The highest BCUT2D eigenvalue weighted by molar-refractivity contribution is 8.07. The lowest BCUT2D eigenvalue weighted by Crippen LogP contribution is -2.35. The third kappa shape index (κ3) is 2.70. The summed E-state index contributed by atoms with van der Waals surface area (Å²) in [4.78, 5) is 11.9. The van der Waals surface area contributed by atoms with Gasteiger partial charge in [0.2, 0.25) is 5.91 Å². The highest BCUT2D eigenvalue weighted by Crippen LogP contribution is 2.30. The van der Waals surface area contributed by atoms with Gasteiger partial charge in [-0.05, 0) is 19.1 Å². The fourth-order valence-electron chi connectivity index (χ4n) is 1.87. The summed E-state index contributed by atoms with van der Waals surface area (Å²) >= 11 is 0. The lowest BCUT2D eigenvalue weighted by atomic mass is 10.2. The zero-order valence-corrected chi connectivity index (χ0v) is 11.7. The molecule has 0 saturated carbocycles. The van der Waals surface area contributed by atoms with Gasteiger partial charge in [-0.2, -0.15) is 0 Å². The van der Waals surface area contributed by atoms with Gasteiger partial charge in [-0.3, -0.25) is 13.2 Å². The number of para-hydroxylation sites is 1. The van der Waals surface area contributed by atoms with Gasteiger partial charge in [0.1, 0.15) is 4.08 Å². The molecule has 1 heterocycles. The van der Waals surface area contributed by atoms with E-state index in [0.717, 1.165) is 0 Å². The number of anilines is 1. The monoisotopic (exact) mass is 285 g/mol. The molecule has 4 nitrogen and oxygen atoms in total. The number of carbonyl (C=O) groups is 1. The van der Waals surface area contributed by atoms with Crippen molar-refractivity contribution in [3.63, 3.8) is 0 Å². The summed E-state index contributed by atoms with van der Waals surface area (Å²) in [6.45, 7) is 1.66. The Morgan fingerprint density at radius 3 is 2.33 bits per heavy atom. The molecule has 1 saturated heterocycles. The molecule has 18 heavy (non-hydrogen) atoms. The largest absolute Gasteiger partial charge is 0.326 e. The van der Waals surface area contributed by atoms with Gasteiger partial charge < -0.3 is 5.32 Å². The van der Waals surface area contributed by atoms with Crippen LogP contribution in [-0.4, -0.2) is 29.9 Å². The predicted octanol–water partition coefficient (Wildman–Crippen LogP) is 1.24. The summed E-state index contributed by atoms with van der Waals surface area (Å²) in [7, 11) is -2.39. The summed E-state index contributed by atoms with van der Waals surface area (Å²) in [6, 6.07) is 9.07. The van der Waals surface area contributed by atoms with Gasteiger partial charge >= 0.3 is 0 Å². The summed E-state index contributed by atoms with van der Waals surface area (Å²) in [6.07, 6.45) is 0.0289. The van der Waals surface area contributed by atoms with Crippen molar-refractivity contribution in [2.45, 2.75) is 17.4 Å². The SMILES string of the molecule is CC1(CC(=O)Nc2ccccc2)[S@](=O)CC[S@]1=O. The molecule has 0 aliphatic carbocycles. The van der Waals surface area contributed by atoms with Crippen LogP contribution >= 0.6 is 0 Å². The maximum absolute atomic E-state index is 11.9. The van der Waals surface area contributed by atoms with Crippen molar-refractivity contribution < 1.29 is 13.2 Å². The number of benzene rings is 1. The van der Waals surface area contributed by atoms with E-state index in [1.165, 1.54) is 0 Å². The van der Waals surface area contributed by atoms with Crippen molar-refractivity contribution in [3.05, 3.63) is 30.3 Å². The number of rotatable bonds is 3. The van der Waals surface area contributed by atoms with Crippen LogP contribution in [0.4, 0.5) is 5.69 Å². The molecule has 2 rings (SSSR count). The maximum atomic E-state index is 11.9. The first-order chi connectivity index (χ1) is 8.52. The Hall–Kier alpha value is -1.01. The Kier molecular flexibility index (Phi) is 3.97. The van der Waals surface area contributed by atoms with Gasteiger partial charge in [-0.1, -0.05) is 18.2 Å². The van der Waals surface area contributed by atoms with Gasteiger partial charge in [0.25, 0.3) is 0 Å². The summed E-state index contributed by atoms with van der Waals surface area (Å²) in [5, 5.41) is 2.73. The molecule has 1 fully saturated rings. The Labute approximate surface area is 111 Å². The number of amides is 1. The third-order valence-corrected chi connectivity index (χ3v) is 7.70. The molecule has 1 aromatic carbocycles. The lowest BCUT2D eigenvalue weighted by Gasteiger charge is -2.20. The van der Waals surface area contributed by atoms with Crippen LogP contribution in [0, 0.1) is 0 Å². The molecule has 0 radical (unpaired) electrons. The Morgan fingerprint density at radius 1 is 1.22 bits per heavy atom. The van der Waals surface area contributed by atoms with Gasteiger partial charge in [-0.15, -0.1) is 0 Å². The summed E-state index contributed by atoms with van der Waals surface area (Å²) in [5.74, 6) is 0.594. The molecule has 1 aromatic rings. The van der Waals surface area contributed by atoms with E-state index in [0.29, 0.717) is 17.2 Å². The van der Waals surface area contributed by atoms with Gasteiger partial charge in [0, 0.05) is 38.8 Å². The molecule has 6 heteroatoms. The van der Waals surface area contributed by atoms with Crippen LogP contribution in [0.5, 0.6) is 0 Å². The van der Waals surface area contributed by atoms with Gasteiger partial charge in [-0.25, -0.2) is 0 Å². The quantitative estimate of drug-likeness (QED) is 0.909. The third-order valence-electron chi connectivity index (χ3n) is 2.96. The molecule has 0 unspecified atom stereocenters. The Morgan fingerprint density at radius 2 is 1.78 bits per heavy atom. The average Bonchev–Trinajstić information content (AvgIpc) is 2.58. The number of carbonyl (C=O) groups excluding carboxylic acids is 1. The summed E-state index contributed by atoms with van der Waals surface area (Å²) < 4.78 is 22.8. The topological polar surface area (TPSA) is 63.2 Å². The van der Waals surface area contributed by atoms with Crippen LogP contribution in [0.3, 0.4) is 0 Å². The second-order valence-corrected chi connectivity index (χ2v) is 8.58. The van der Waals surface area contributed by atoms with Crippen LogP contribution in [-0.2, 0) is 26.4 Å². The molecule has 0 bridgehead atoms. The molecule has 1 aliphatic heterocycles. The highest BCUT2D eigenvalue weighted by atomic mass is 32.3. The van der Waals surface area contributed by atoms with Gasteiger partial charge in [0.05, 0.1) is 6.42 Å². The van der Waals surface area contributed by atoms with E-state index in [1.807, 2.05) is 18.2 Å². The second kappa shape index (κ2) is 5.32. The normalized spacial score (nSPS) is 25.8. The molecular weight excluding hydrogens is 270 g/mol. The first-order valence-corrected chi connectivity index (χ1v) is 8.28. The van der Waals surface area contributed by atoms with E-state index in [9.17, 15) is 13.2 Å². The molecule has 0 spiro atoms. The van der Waals surface area contributed by atoms with E-state index in [2.05, 4.69) is 5.32 Å². The number of hydrogen-bond acceptors (Lipinski definition) is 3. The van der Waals surface area contributed by atoms with Crippen molar-refractivity contribution in [2.24, 2.45) is 0 Å². The van der Waals surface area contributed by atoms with Crippen molar-refractivity contribution in [2.75, 3.05) is 16.8 Å². The number of hydrogen-bond donors (Lipinski definition) is 1. The van der Waals surface area contributed by atoms with E-state index >= 15 is 0 Å². The minimum Gasteiger partial charge on any atom is -0.326 e. The first kappa shape index (κ1) is 13.4. The first-order valence-electron chi connectivity index (χ1n) is 5.64. The van der Waals surface area contributed by atoms with E-state index in [1.54, 1.807) is 19.1 Å².